The number of benzene rings is 2. The Labute approximate surface area is 133 Å². The number of nitrogens with zero attached hydrogens (tertiary/aromatic N) is 1. The first-order chi connectivity index (χ1) is 11.2. The standard InChI is InChI=1S/C17H16N2O4/c20-16(18-23-11-13-6-2-1-3-7-13)10-19-14-8-4-5-9-15(14)22-12-17(19)21/h1-9H,10-12H2,(H,18,20). The fraction of sp³-hybridized carbons (Fsp3) is 0.176. The topological polar surface area (TPSA) is 67.9 Å². The van der Waals surface area contributed by atoms with Crippen molar-refractivity contribution in [3.8, 4) is 5.75 Å². The lowest BCUT2D eigenvalue weighted by molar-refractivity contribution is -0.134. The first kappa shape index (κ1) is 15.1. The minimum absolute atomic E-state index is 0.0742. The van der Waals surface area contributed by atoms with Crippen molar-refractivity contribution in [2.75, 3.05) is 18.1 Å². The molecular weight excluding hydrogens is 296 g/mol. The van der Waals surface area contributed by atoms with Crippen LogP contribution >= 0.6 is 0 Å². The van der Waals surface area contributed by atoms with Gasteiger partial charge in [-0.1, -0.05) is 42.5 Å². The molecule has 0 unspecified atom stereocenters. The number of rotatable bonds is 5. The van der Waals surface area contributed by atoms with Crippen LogP contribution in [0, 0.1) is 0 Å². The normalized spacial score (nSPS) is 13.2. The summed E-state index contributed by atoms with van der Waals surface area (Å²) in [5.74, 6) is -0.0713. The van der Waals surface area contributed by atoms with Crippen molar-refractivity contribution < 1.29 is 19.2 Å². The summed E-state index contributed by atoms with van der Waals surface area (Å²) in [6.07, 6.45) is 0. The third kappa shape index (κ3) is 3.67. The number of carbonyl (C=O) groups is 2. The zero-order valence-corrected chi connectivity index (χ0v) is 12.4. The van der Waals surface area contributed by atoms with Gasteiger partial charge in [-0.25, -0.2) is 5.48 Å². The molecule has 23 heavy (non-hydrogen) atoms. The van der Waals surface area contributed by atoms with Crippen LogP contribution in [-0.4, -0.2) is 25.0 Å². The van der Waals surface area contributed by atoms with Crippen molar-refractivity contribution in [1.29, 1.82) is 0 Å². The Morgan fingerprint density at radius 2 is 1.87 bits per heavy atom. The van der Waals surface area contributed by atoms with E-state index in [0.717, 1.165) is 5.56 Å². The maximum absolute atomic E-state index is 12.0. The lowest BCUT2D eigenvalue weighted by Crippen LogP contribution is -2.45. The van der Waals surface area contributed by atoms with Crippen LogP contribution in [0.4, 0.5) is 5.69 Å². The van der Waals surface area contributed by atoms with Crippen LogP contribution in [0.15, 0.2) is 54.6 Å². The Balaban J connectivity index is 1.56. The van der Waals surface area contributed by atoms with Crippen molar-refractivity contribution in [3.63, 3.8) is 0 Å². The third-order valence-electron chi connectivity index (χ3n) is 3.38. The highest BCUT2D eigenvalue weighted by atomic mass is 16.6. The predicted molar refractivity (Wildman–Crippen MR) is 83.7 cm³/mol. The van der Waals surface area contributed by atoms with E-state index in [1.54, 1.807) is 18.2 Å². The van der Waals surface area contributed by atoms with Gasteiger partial charge < -0.3 is 4.74 Å². The van der Waals surface area contributed by atoms with Crippen molar-refractivity contribution in [2.24, 2.45) is 0 Å². The van der Waals surface area contributed by atoms with E-state index in [4.69, 9.17) is 9.57 Å². The highest BCUT2D eigenvalue weighted by molar-refractivity contribution is 6.01. The summed E-state index contributed by atoms with van der Waals surface area (Å²) in [6.45, 7) is 0.0728. The molecule has 118 valence electrons. The summed E-state index contributed by atoms with van der Waals surface area (Å²) in [6, 6.07) is 16.6. The molecule has 1 aliphatic rings. The number of amides is 2. The van der Waals surface area contributed by atoms with Crippen molar-refractivity contribution in [3.05, 3.63) is 60.2 Å². The second kappa shape index (κ2) is 6.93. The summed E-state index contributed by atoms with van der Waals surface area (Å²) in [5.41, 5.74) is 3.89. The van der Waals surface area contributed by atoms with Crippen LogP contribution in [0.2, 0.25) is 0 Å². The quantitative estimate of drug-likeness (QED) is 0.853. The van der Waals surface area contributed by atoms with Gasteiger partial charge in [0.15, 0.2) is 6.61 Å². The summed E-state index contributed by atoms with van der Waals surface area (Å²) in [7, 11) is 0. The number of hydrogen-bond donors (Lipinski definition) is 1. The Morgan fingerprint density at radius 1 is 1.13 bits per heavy atom. The number of para-hydroxylation sites is 2. The van der Waals surface area contributed by atoms with E-state index < -0.39 is 5.91 Å². The molecule has 0 spiro atoms. The summed E-state index contributed by atoms with van der Waals surface area (Å²) < 4.78 is 5.33. The SMILES string of the molecule is O=C(CN1C(=O)COc2ccccc21)NOCc1ccccc1. The first-order valence-corrected chi connectivity index (χ1v) is 7.21. The van der Waals surface area contributed by atoms with Gasteiger partial charge in [-0.2, -0.15) is 0 Å². The molecule has 0 saturated heterocycles. The van der Waals surface area contributed by atoms with Gasteiger partial charge in [0.05, 0.1) is 12.3 Å². The van der Waals surface area contributed by atoms with Crippen LogP contribution in [0.5, 0.6) is 5.75 Å². The van der Waals surface area contributed by atoms with Crippen molar-refractivity contribution >= 4 is 17.5 Å². The zero-order valence-electron chi connectivity index (χ0n) is 12.4. The van der Waals surface area contributed by atoms with Gasteiger partial charge in [0.1, 0.15) is 12.3 Å². The Bertz CT molecular complexity index is 703. The number of anilines is 1. The molecule has 1 N–H and O–H groups in total. The lowest BCUT2D eigenvalue weighted by Gasteiger charge is -2.28. The molecule has 0 saturated carbocycles. The molecule has 6 heteroatoms. The summed E-state index contributed by atoms with van der Waals surface area (Å²) in [4.78, 5) is 30.5. The number of carbonyl (C=O) groups excluding carboxylic acids is 2. The summed E-state index contributed by atoms with van der Waals surface area (Å²) in [5, 5.41) is 0. The molecule has 2 amide bonds. The van der Waals surface area contributed by atoms with E-state index in [1.807, 2.05) is 36.4 Å². The minimum atomic E-state index is -0.397. The Kier molecular flexibility index (Phi) is 4.54. The second-order valence-electron chi connectivity index (χ2n) is 5.04. The van der Waals surface area contributed by atoms with Crippen LogP contribution in [0.25, 0.3) is 0 Å². The molecule has 0 fully saturated rings. The minimum Gasteiger partial charge on any atom is -0.482 e. The van der Waals surface area contributed by atoms with Gasteiger partial charge in [-0.15, -0.1) is 0 Å². The molecule has 2 aromatic rings. The molecule has 3 rings (SSSR count). The maximum Gasteiger partial charge on any atom is 0.265 e. The molecule has 0 radical (unpaired) electrons. The smallest absolute Gasteiger partial charge is 0.265 e. The first-order valence-electron chi connectivity index (χ1n) is 7.21. The van der Waals surface area contributed by atoms with E-state index in [2.05, 4.69) is 5.48 Å². The van der Waals surface area contributed by atoms with Gasteiger partial charge in [-0.05, 0) is 17.7 Å². The molecule has 0 bridgehead atoms. The zero-order chi connectivity index (χ0) is 16.1. The van der Waals surface area contributed by atoms with E-state index in [9.17, 15) is 9.59 Å². The Hall–Kier alpha value is -2.86. The van der Waals surface area contributed by atoms with E-state index in [0.29, 0.717) is 11.4 Å². The van der Waals surface area contributed by atoms with Crippen LogP contribution in [0.1, 0.15) is 5.56 Å². The largest absolute Gasteiger partial charge is 0.482 e. The molecule has 6 nitrogen and oxygen atoms in total. The van der Waals surface area contributed by atoms with E-state index in [-0.39, 0.29) is 25.7 Å². The number of ether oxygens (including phenoxy) is 1. The number of hydroxylamine groups is 1. The fourth-order valence-corrected chi connectivity index (χ4v) is 2.28. The van der Waals surface area contributed by atoms with Gasteiger partial charge >= 0.3 is 0 Å². The average Bonchev–Trinajstić information content (AvgIpc) is 2.58. The van der Waals surface area contributed by atoms with E-state index in [1.165, 1.54) is 4.90 Å². The molecule has 2 aromatic carbocycles. The highest BCUT2D eigenvalue weighted by Gasteiger charge is 2.26. The molecule has 0 atom stereocenters. The predicted octanol–water partition coefficient (Wildman–Crippen LogP) is 1.66. The number of hydrogen-bond acceptors (Lipinski definition) is 4. The highest BCUT2D eigenvalue weighted by Crippen LogP contribution is 2.31. The third-order valence-corrected chi connectivity index (χ3v) is 3.38. The average molecular weight is 312 g/mol. The fourth-order valence-electron chi connectivity index (χ4n) is 2.28. The van der Waals surface area contributed by atoms with Crippen molar-refractivity contribution in [1.82, 2.24) is 5.48 Å². The maximum atomic E-state index is 12.0. The van der Waals surface area contributed by atoms with Gasteiger partial charge in [-0.3, -0.25) is 19.3 Å². The molecule has 1 heterocycles. The Morgan fingerprint density at radius 3 is 2.70 bits per heavy atom. The molecule has 0 aliphatic carbocycles. The number of fused-ring (bicyclic) bond motifs is 1. The van der Waals surface area contributed by atoms with Crippen LogP contribution < -0.4 is 15.1 Å². The summed E-state index contributed by atoms with van der Waals surface area (Å²) >= 11 is 0. The van der Waals surface area contributed by atoms with Gasteiger partial charge in [0, 0.05) is 0 Å². The van der Waals surface area contributed by atoms with Gasteiger partial charge in [0.2, 0.25) is 0 Å². The molecule has 1 aliphatic heterocycles. The molecule has 0 aromatic heterocycles. The monoisotopic (exact) mass is 312 g/mol. The van der Waals surface area contributed by atoms with Gasteiger partial charge in [0.25, 0.3) is 11.8 Å². The number of nitrogens with one attached hydrogen (secondary N) is 1. The van der Waals surface area contributed by atoms with E-state index >= 15 is 0 Å². The van der Waals surface area contributed by atoms with Crippen LogP contribution in [-0.2, 0) is 21.0 Å². The van der Waals surface area contributed by atoms with Crippen LogP contribution in [0.3, 0.4) is 0 Å². The lowest BCUT2D eigenvalue weighted by atomic mass is 10.2. The second-order valence-corrected chi connectivity index (χ2v) is 5.04. The molecular formula is C17H16N2O4. The van der Waals surface area contributed by atoms with Crippen molar-refractivity contribution in [2.45, 2.75) is 6.61 Å².